The fourth-order valence-corrected chi connectivity index (χ4v) is 0.410. The van der Waals surface area contributed by atoms with Crippen LogP contribution in [0, 0.1) is 0 Å². The molecule has 1 heterocycles. The summed E-state index contributed by atoms with van der Waals surface area (Å²) in [5.74, 6) is 0. The van der Waals surface area contributed by atoms with Crippen molar-refractivity contribution in [3.63, 3.8) is 0 Å². The van der Waals surface area contributed by atoms with Crippen LogP contribution in [-0.4, -0.2) is 6.29 Å². The zero-order valence-corrected chi connectivity index (χ0v) is 3.98. The van der Waals surface area contributed by atoms with Gasteiger partial charge in [0, 0.05) is 18.3 Å². The Morgan fingerprint density at radius 1 is 1.86 bits per heavy atom. The first-order valence-electron chi connectivity index (χ1n) is 2.32. The van der Waals surface area contributed by atoms with Gasteiger partial charge in [0.2, 0.25) is 0 Å². The molecule has 0 aliphatic carbocycles. The van der Waals surface area contributed by atoms with Crippen molar-refractivity contribution in [1.82, 2.24) is 5.32 Å². The maximum Gasteiger partial charge on any atom is 0.120 e. The Bertz CT molecular complexity index is 107. The van der Waals surface area contributed by atoms with E-state index in [1.807, 2.05) is 6.20 Å². The van der Waals surface area contributed by atoms with E-state index in [2.05, 4.69) is 5.32 Å². The highest BCUT2D eigenvalue weighted by molar-refractivity contribution is 5.50. The largest absolute Gasteiger partial charge is 0.362 e. The second-order valence-electron chi connectivity index (χ2n) is 1.52. The molecule has 1 N–H and O–H groups in total. The average Bonchev–Trinajstić information content (AvgIpc) is 2.42. The van der Waals surface area contributed by atoms with Crippen molar-refractivity contribution in [2.45, 2.75) is 12.8 Å². The molecule has 0 aromatic heterocycles. The number of carbonyl (C=O) groups is 1. The summed E-state index contributed by atoms with van der Waals surface area (Å²) in [6, 6.07) is 0. The fraction of sp³-hybridized carbons (Fsp3) is 0.400. The van der Waals surface area contributed by atoms with Gasteiger partial charge in [0.25, 0.3) is 0 Å². The number of hydrogen-bond donors (Lipinski definition) is 1. The highest BCUT2D eigenvalue weighted by Gasteiger charge is 2.02. The minimum absolute atomic E-state index is 0.652. The van der Waals surface area contributed by atoms with Crippen molar-refractivity contribution in [3.05, 3.63) is 11.9 Å². The second kappa shape index (κ2) is 1.78. The molecule has 0 bridgehead atoms. The van der Waals surface area contributed by atoms with E-state index in [1.165, 1.54) is 5.70 Å². The maximum atomic E-state index is 9.68. The van der Waals surface area contributed by atoms with E-state index in [9.17, 15) is 4.79 Å². The number of allylic oxidation sites excluding steroid dienone is 1. The van der Waals surface area contributed by atoms with E-state index in [1.54, 1.807) is 0 Å². The van der Waals surface area contributed by atoms with Gasteiger partial charge in [-0.05, 0) is 6.42 Å². The lowest BCUT2D eigenvalue weighted by Gasteiger charge is -1.78. The van der Waals surface area contributed by atoms with Crippen LogP contribution in [0.1, 0.15) is 12.8 Å². The van der Waals surface area contributed by atoms with Gasteiger partial charge in [-0.15, -0.1) is 0 Å². The first-order valence-corrected chi connectivity index (χ1v) is 2.32. The van der Waals surface area contributed by atoms with Crippen LogP contribution in [0.15, 0.2) is 11.9 Å². The molecule has 0 atom stereocenters. The summed E-state index contributed by atoms with van der Waals surface area (Å²) in [6.45, 7) is 0. The molecular formula is C5H7NO. The Balaban J connectivity index is 1.99. The lowest BCUT2D eigenvalue weighted by molar-refractivity contribution is -0.107. The van der Waals surface area contributed by atoms with Gasteiger partial charge in [-0.1, -0.05) is 0 Å². The van der Waals surface area contributed by atoms with Gasteiger partial charge < -0.3 is 10.1 Å². The van der Waals surface area contributed by atoms with Gasteiger partial charge in [-0.3, -0.25) is 0 Å². The molecule has 38 valence electrons. The SMILES string of the molecule is O=CCCC1=CN1. The van der Waals surface area contributed by atoms with Crippen molar-refractivity contribution in [3.8, 4) is 0 Å². The molecule has 0 saturated carbocycles. The third kappa shape index (κ3) is 1.39. The van der Waals surface area contributed by atoms with Crippen LogP contribution in [0.4, 0.5) is 0 Å². The molecular weight excluding hydrogens is 90.1 g/mol. The van der Waals surface area contributed by atoms with Gasteiger partial charge in [0.1, 0.15) is 6.29 Å². The Morgan fingerprint density at radius 3 is 3.00 bits per heavy atom. The molecule has 1 rings (SSSR count). The number of rotatable bonds is 3. The molecule has 1 aliphatic rings. The van der Waals surface area contributed by atoms with Gasteiger partial charge in [-0.25, -0.2) is 0 Å². The molecule has 0 saturated heterocycles. The Morgan fingerprint density at radius 2 is 2.57 bits per heavy atom. The van der Waals surface area contributed by atoms with E-state index < -0.39 is 0 Å². The van der Waals surface area contributed by atoms with E-state index in [0.29, 0.717) is 6.42 Å². The normalized spacial score (nSPS) is 14.6. The number of carbonyl (C=O) groups excluding carboxylic acids is 1. The molecule has 2 nitrogen and oxygen atoms in total. The second-order valence-corrected chi connectivity index (χ2v) is 1.52. The number of nitrogens with one attached hydrogen (secondary N) is 1. The molecule has 0 unspecified atom stereocenters. The molecule has 2 heteroatoms. The summed E-state index contributed by atoms with van der Waals surface area (Å²) in [7, 11) is 0. The van der Waals surface area contributed by atoms with Crippen LogP contribution in [-0.2, 0) is 4.79 Å². The Kier molecular flexibility index (Phi) is 1.11. The van der Waals surface area contributed by atoms with Crippen molar-refractivity contribution in [2.75, 3.05) is 0 Å². The first-order chi connectivity index (χ1) is 3.43. The third-order valence-corrected chi connectivity index (χ3v) is 0.880. The highest BCUT2D eigenvalue weighted by atomic mass is 16.1. The van der Waals surface area contributed by atoms with Crippen LogP contribution < -0.4 is 5.32 Å². The average molecular weight is 97.1 g/mol. The summed E-state index contributed by atoms with van der Waals surface area (Å²) < 4.78 is 0. The predicted octanol–water partition coefficient (Wildman–Crippen LogP) is 0.410. The molecule has 0 amide bonds. The van der Waals surface area contributed by atoms with Crippen molar-refractivity contribution in [1.29, 1.82) is 0 Å². The fourth-order valence-electron chi connectivity index (χ4n) is 0.410. The van der Waals surface area contributed by atoms with E-state index in [0.717, 1.165) is 12.7 Å². The standard InChI is InChI=1S/C5H7NO/c7-3-1-2-5-4-6-5/h3-4,6H,1-2H2. The monoisotopic (exact) mass is 97.1 g/mol. The summed E-state index contributed by atoms with van der Waals surface area (Å²) in [4.78, 5) is 9.68. The summed E-state index contributed by atoms with van der Waals surface area (Å²) >= 11 is 0. The lowest BCUT2D eigenvalue weighted by atomic mass is 10.3. The number of hydrogen-bond acceptors (Lipinski definition) is 2. The van der Waals surface area contributed by atoms with Gasteiger partial charge >= 0.3 is 0 Å². The maximum absolute atomic E-state index is 9.68. The molecule has 0 aromatic carbocycles. The lowest BCUT2D eigenvalue weighted by Crippen LogP contribution is -1.79. The predicted molar refractivity (Wildman–Crippen MR) is 26.5 cm³/mol. The summed E-state index contributed by atoms with van der Waals surface area (Å²) in [5.41, 5.74) is 1.20. The van der Waals surface area contributed by atoms with Crippen LogP contribution in [0.5, 0.6) is 0 Å². The molecule has 7 heavy (non-hydrogen) atoms. The topological polar surface area (TPSA) is 39.0 Å². The van der Waals surface area contributed by atoms with Crippen LogP contribution in [0.2, 0.25) is 0 Å². The highest BCUT2D eigenvalue weighted by Crippen LogP contribution is 2.07. The minimum atomic E-state index is 0.652. The van der Waals surface area contributed by atoms with E-state index >= 15 is 0 Å². The minimum Gasteiger partial charge on any atom is -0.362 e. The quantitative estimate of drug-likeness (QED) is 0.518. The first kappa shape index (κ1) is 4.37. The van der Waals surface area contributed by atoms with Gasteiger partial charge in [0.15, 0.2) is 0 Å². The molecule has 0 spiro atoms. The molecule has 0 fully saturated rings. The van der Waals surface area contributed by atoms with Crippen molar-refractivity contribution < 1.29 is 4.79 Å². The van der Waals surface area contributed by atoms with Crippen LogP contribution in [0.25, 0.3) is 0 Å². The zero-order chi connectivity index (χ0) is 5.11. The van der Waals surface area contributed by atoms with E-state index in [-0.39, 0.29) is 0 Å². The smallest absolute Gasteiger partial charge is 0.120 e. The zero-order valence-electron chi connectivity index (χ0n) is 3.98. The Labute approximate surface area is 42.2 Å². The third-order valence-electron chi connectivity index (χ3n) is 0.880. The number of aldehydes is 1. The summed E-state index contributed by atoms with van der Waals surface area (Å²) in [6.07, 6.45) is 4.38. The Hall–Kier alpha value is -0.790. The van der Waals surface area contributed by atoms with Crippen LogP contribution in [0.3, 0.4) is 0 Å². The van der Waals surface area contributed by atoms with Gasteiger partial charge in [-0.2, -0.15) is 0 Å². The van der Waals surface area contributed by atoms with Crippen molar-refractivity contribution >= 4 is 6.29 Å². The molecule has 1 aliphatic heterocycles. The molecule has 0 aromatic rings. The van der Waals surface area contributed by atoms with Crippen LogP contribution >= 0.6 is 0 Å². The molecule has 0 radical (unpaired) electrons. The summed E-state index contributed by atoms with van der Waals surface area (Å²) in [5, 5.41) is 2.90. The van der Waals surface area contributed by atoms with Gasteiger partial charge in [0.05, 0.1) is 0 Å². The van der Waals surface area contributed by atoms with Crippen molar-refractivity contribution in [2.24, 2.45) is 0 Å². The van der Waals surface area contributed by atoms with E-state index in [4.69, 9.17) is 0 Å².